The van der Waals surface area contributed by atoms with Gasteiger partial charge in [-0.05, 0) is 0 Å². The van der Waals surface area contributed by atoms with E-state index in [1.54, 1.807) is 0 Å². The number of rotatable bonds is 5. The summed E-state index contributed by atoms with van der Waals surface area (Å²) in [6.45, 7) is -0.669. The predicted molar refractivity (Wildman–Crippen MR) is 45.5 cm³/mol. The molecule has 0 saturated carbocycles. The molecule has 0 fully saturated rings. The number of thiol groups is 1. The lowest BCUT2D eigenvalue weighted by molar-refractivity contribution is -0.153. The highest BCUT2D eigenvalue weighted by atomic mass is 32.1. The number of aliphatic hydroxyl groups excluding tert-OH is 4. The molecule has 0 unspecified atom stereocenters. The monoisotopic (exact) mass is 212 g/mol. The minimum Gasteiger partial charge on any atom is -0.479 e. The average molecular weight is 212 g/mol. The molecule has 5 N–H and O–H groups in total. The Morgan fingerprint density at radius 2 is 1.77 bits per heavy atom. The van der Waals surface area contributed by atoms with Gasteiger partial charge in [0.05, 0.1) is 18.0 Å². The van der Waals surface area contributed by atoms with Crippen molar-refractivity contribution in [2.24, 2.45) is 0 Å². The van der Waals surface area contributed by atoms with Crippen molar-refractivity contribution in [3.05, 3.63) is 0 Å². The second kappa shape index (κ2) is 5.40. The number of carboxylic acids is 1. The van der Waals surface area contributed by atoms with Gasteiger partial charge in [-0.2, -0.15) is 12.6 Å². The maximum Gasteiger partial charge on any atom is 0.335 e. The number of hydrogen-bond acceptors (Lipinski definition) is 6. The Balaban J connectivity index is 4.24. The smallest absolute Gasteiger partial charge is 0.335 e. The molecule has 0 aromatic carbocycles. The van der Waals surface area contributed by atoms with Gasteiger partial charge in [0.25, 0.3) is 0 Å². The number of aliphatic carboxylic acids is 1. The van der Waals surface area contributed by atoms with E-state index in [4.69, 9.17) is 25.5 Å². The summed E-state index contributed by atoms with van der Waals surface area (Å²) in [4.78, 5) is 10.2. The zero-order valence-electron chi connectivity index (χ0n) is 6.61. The average Bonchev–Trinajstić information content (AvgIpc) is 2.12. The summed E-state index contributed by atoms with van der Waals surface area (Å²) in [6, 6.07) is 0. The molecule has 78 valence electrons. The molecule has 0 aliphatic rings. The van der Waals surface area contributed by atoms with Gasteiger partial charge in [0.15, 0.2) is 6.10 Å². The highest BCUT2D eigenvalue weighted by Crippen LogP contribution is 2.11. The molecule has 0 spiro atoms. The van der Waals surface area contributed by atoms with E-state index >= 15 is 0 Å². The fraction of sp³-hybridized carbons (Fsp3) is 0.833. The fourth-order valence-corrected chi connectivity index (χ4v) is 0.926. The maximum absolute atomic E-state index is 10.2. The Bertz CT molecular complexity index is 175. The summed E-state index contributed by atoms with van der Waals surface area (Å²) in [5.41, 5.74) is 0. The SMILES string of the molecule is O=C(O)[C@H](O)[C@@H](O)[C@H](S)[C@H](O)CO. The maximum atomic E-state index is 10.2. The summed E-state index contributed by atoms with van der Waals surface area (Å²) >= 11 is 3.65. The minimum absolute atomic E-state index is 0.669. The van der Waals surface area contributed by atoms with Crippen molar-refractivity contribution >= 4 is 18.6 Å². The quantitative estimate of drug-likeness (QED) is 0.279. The molecule has 0 saturated heterocycles. The molecular formula is C6H12O6S. The second-order valence-electron chi connectivity index (χ2n) is 2.51. The molecule has 4 atom stereocenters. The van der Waals surface area contributed by atoms with Crippen LogP contribution in [-0.4, -0.2) is 61.7 Å². The van der Waals surface area contributed by atoms with E-state index in [0.717, 1.165) is 0 Å². The summed E-state index contributed by atoms with van der Waals surface area (Å²) < 4.78 is 0. The molecule has 0 aromatic rings. The van der Waals surface area contributed by atoms with E-state index in [0.29, 0.717) is 0 Å². The van der Waals surface area contributed by atoms with Crippen LogP contribution in [0.15, 0.2) is 0 Å². The molecule has 6 nitrogen and oxygen atoms in total. The molecule has 0 heterocycles. The molecule has 0 bridgehead atoms. The molecule has 7 heteroatoms. The van der Waals surface area contributed by atoms with E-state index in [9.17, 15) is 4.79 Å². The lowest BCUT2D eigenvalue weighted by Gasteiger charge is -2.23. The van der Waals surface area contributed by atoms with Gasteiger partial charge < -0.3 is 25.5 Å². The Hall–Kier alpha value is -0.340. The van der Waals surface area contributed by atoms with Gasteiger partial charge >= 0.3 is 5.97 Å². The summed E-state index contributed by atoms with van der Waals surface area (Å²) in [5.74, 6) is -1.61. The van der Waals surface area contributed by atoms with Gasteiger partial charge in [-0.3, -0.25) is 0 Å². The van der Waals surface area contributed by atoms with Crippen LogP contribution >= 0.6 is 12.6 Å². The highest BCUT2D eigenvalue weighted by Gasteiger charge is 2.32. The number of aliphatic hydroxyl groups is 4. The van der Waals surface area contributed by atoms with E-state index < -0.39 is 36.1 Å². The predicted octanol–water partition coefficient (Wildman–Crippen LogP) is -2.56. The van der Waals surface area contributed by atoms with Crippen LogP contribution in [0, 0.1) is 0 Å². The first kappa shape index (κ1) is 12.7. The fourth-order valence-electron chi connectivity index (χ4n) is 0.668. The van der Waals surface area contributed by atoms with Gasteiger partial charge in [-0.1, -0.05) is 0 Å². The lowest BCUT2D eigenvalue weighted by atomic mass is 10.1. The van der Waals surface area contributed by atoms with Crippen LogP contribution in [0.3, 0.4) is 0 Å². The zero-order valence-corrected chi connectivity index (χ0v) is 7.50. The van der Waals surface area contributed by atoms with E-state index in [2.05, 4.69) is 12.6 Å². The molecule has 0 aromatic heterocycles. The van der Waals surface area contributed by atoms with Gasteiger partial charge in [0, 0.05) is 0 Å². The molecule has 0 aliphatic heterocycles. The van der Waals surface area contributed by atoms with Gasteiger partial charge in [0.2, 0.25) is 0 Å². The minimum atomic E-state index is -2.02. The number of carboxylic acid groups (broad SMARTS) is 1. The van der Waals surface area contributed by atoms with Gasteiger partial charge in [-0.25, -0.2) is 4.79 Å². The van der Waals surface area contributed by atoms with Crippen LogP contribution in [0.4, 0.5) is 0 Å². The van der Waals surface area contributed by atoms with Crippen LogP contribution in [-0.2, 0) is 4.79 Å². The Kier molecular flexibility index (Phi) is 5.26. The van der Waals surface area contributed by atoms with Crippen LogP contribution in [0.25, 0.3) is 0 Å². The van der Waals surface area contributed by atoms with Crippen molar-refractivity contribution in [1.82, 2.24) is 0 Å². The molecule has 0 aliphatic carbocycles. The third-order valence-electron chi connectivity index (χ3n) is 1.51. The summed E-state index contributed by atoms with van der Waals surface area (Å²) in [5, 5.41) is 42.3. The van der Waals surface area contributed by atoms with Crippen molar-refractivity contribution in [3.63, 3.8) is 0 Å². The van der Waals surface area contributed by atoms with Crippen molar-refractivity contribution in [2.45, 2.75) is 23.6 Å². The lowest BCUT2D eigenvalue weighted by Crippen LogP contribution is -2.45. The Morgan fingerprint density at radius 3 is 2.08 bits per heavy atom. The third-order valence-corrected chi connectivity index (χ3v) is 2.16. The van der Waals surface area contributed by atoms with Crippen molar-refractivity contribution in [2.75, 3.05) is 6.61 Å². The van der Waals surface area contributed by atoms with Crippen molar-refractivity contribution in [3.8, 4) is 0 Å². The van der Waals surface area contributed by atoms with Crippen molar-refractivity contribution in [1.29, 1.82) is 0 Å². The Labute approximate surface area is 79.9 Å². The molecule has 0 rings (SSSR count). The first-order valence-corrected chi connectivity index (χ1v) is 3.99. The van der Waals surface area contributed by atoms with Gasteiger partial charge in [0.1, 0.15) is 6.10 Å². The van der Waals surface area contributed by atoms with E-state index in [1.165, 1.54) is 0 Å². The molecule has 0 amide bonds. The molecule has 13 heavy (non-hydrogen) atoms. The first-order chi connectivity index (χ1) is 5.91. The zero-order chi connectivity index (χ0) is 10.6. The van der Waals surface area contributed by atoms with Crippen LogP contribution in [0.2, 0.25) is 0 Å². The van der Waals surface area contributed by atoms with Crippen LogP contribution < -0.4 is 0 Å². The molecule has 0 radical (unpaired) electrons. The Morgan fingerprint density at radius 1 is 1.31 bits per heavy atom. The van der Waals surface area contributed by atoms with E-state index in [1.807, 2.05) is 0 Å². The normalized spacial score (nSPS) is 20.4. The van der Waals surface area contributed by atoms with Crippen molar-refractivity contribution < 1.29 is 30.3 Å². The van der Waals surface area contributed by atoms with E-state index in [-0.39, 0.29) is 0 Å². The number of carbonyl (C=O) groups is 1. The van der Waals surface area contributed by atoms with Gasteiger partial charge in [-0.15, -0.1) is 0 Å². The van der Waals surface area contributed by atoms with Crippen LogP contribution in [0.1, 0.15) is 0 Å². The molecular weight excluding hydrogens is 200 g/mol. The summed E-state index contributed by atoms with van der Waals surface area (Å²) in [7, 11) is 0. The largest absolute Gasteiger partial charge is 0.479 e. The summed E-state index contributed by atoms with van der Waals surface area (Å²) in [6.07, 6.45) is -5.14. The topological polar surface area (TPSA) is 118 Å². The second-order valence-corrected chi connectivity index (χ2v) is 3.11. The highest BCUT2D eigenvalue weighted by molar-refractivity contribution is 7.81. The van der Waals surface area contributed by atoms with Crippen LogP contribution in [0.5, 0.6) is 0 Å². The number of hydrogen-bond donors (Lipinski definition) is 6. The first-order valence-electron chi connectivity index (χ1n) is 3.47. The standard InChI is InChI=1S/C6H12O6S/c7-1-2(8)5(13)3(9)4(10)6(11)12/h2-5,7-10,13H,1H2,(H,11,12)/t2-,3-,4-,5-/m1/s1. The third kappa shape index (κ3) is 3.49.